The molecule has 0 aliphatic carbocycles. The molecular formula is C16H24N2O2S. The molecule has 1 heterocycles. The molecule has 0 radical (unpaired) electrons. The Kier molecular flexibility index (Phi) is 5.94. The zero-order valence-electron chi connectivity index (χ0n) is 12.8. The van der Waals surface area contributed by atoms with E-state index in [9.17, 15) is 9.90 Å². The van der Waals surface area contributed by atoms with Gasteiger partial charge in [-0.25, -0.2) is 0 Å². The van der Waals surface area contributed by atoms with E-state index in [1.165, 1.54) is 0 Å². The molecule has 1 aromatic carbocycles. The molecule has 2 N–H and O–H groups in total. The predicted molar refractivity (Wildman–Crippen MR) is 89.2 cm³/mol. The Morgan fingerprint density at radius 2 is 2.14 bits per heavy atom. The number of aromatic hydroxyl groups is 1. The van der Waals surface area contributed by atoms with Gasteiger partial charge in [-0.2, -0.15) is 0 Å². The minimum absolute atomic E-state index is 0.120. The summed E-state index contributed by atoms with van der Waals surface area (Å²) in [6.07, 6.45) is 2.27. The SMILES string of the molecule is CCN(C(=O)CSC1CCNCC1)c1cc(O)ccc1C. The van der Waals surface area contributed by atoms with Crippen LogP contribution in [0.2, 0.25) is 0 Å². The molecule has 1 aliphatic heterocycles. The molecule has 0 unspecified atom stereocenters. The normalized spacial score (nSPS) is 15.9. The van der Waals surface area contributed by atoms with Gasteiger partial charge < -0.3 is 15.3 Å². The molecule has 1 saturated heterocycles. The van der Waals surface area contributed by atoms with Gasteiger partial charge in [0.2, 0.25) is 5.91 Å². The number of nitrogens with zero attached hydrogens (tertiary/aromatic N) is 1. The van der Waals surface area contributed by atoms with Gasteiger partial charge in [0.15, 0.2) is 0 Å². The molecule has 1 fully saturated rings. The van der Waals surface area contributed by atoms with Gasteiger partial charge in [-0.1, -0.05) is 6.07 Å². The number of rotatable bonds is 5. The average Bonchev–Trinajstić information content (AvgIpc) is 2.50. The van der Waals surface area contributed by atoms with Crippen LogP contribution in [0.5, 0.6) is 5.75 Å². The summed E-state index contributed by atoms with van der Waals surface area (Å²) in [4.78, 5) is 14.3. The highest BCUT2D eigenvalue weighted by atomic mass is 32.2. The molecule has 0 spiro atoms. The number of hydrogen-bond donors (Lipinski definition) is 2. The average molecular weight is 308 g/mol. The number of piperidine rings is 1. The fourth-order valence-electron chi connectivity index (χ4n) is 2.60. The van der Waals surface area contributed by atoms with Crippen LogP contribution in [0.1, 0.15) is 25.3 Å². The lowest BCUT2D eigenvalue weighted by Gasteiger charge is -2.25. The summed E-state index contributed by atoms with van der Waals surface area (Å²) in [5, 5.41) is 13.6. The van der Waals surface area contributed by atoms with Crippen molar-refractivity contribution in [3.8, 4) is 5.75 Å². The molecule has 116 valence electrons. The standard InChI is InChI=1S/C16H24N2O2S/c1-3-18(15-10-13(19)5-4-12(15)2)16(20)11-21-14-6-8-17-9-7-14/h4-5,10,14,17,19H,3,6-9,11H2,1-2H3. The Bertz CT molecular complexity index is 487. The summed E-state index contributed by atoms with van der Waals surface area (Å²) < 4.78 is 0. The molecular weight excluding hydrogens is 284 g/mol. The van der Waals surface area contributed by atoms with E-state index in [1.54, 1.807) is 28.8 Å². The Morgan fingerprint density at radius 3 is 2.81 bits per heavy atom. The summed E-state index contributed by atoms with van der Waals surface area (Å²) in [6.45, 7) is 6.65. The third-order valence-electron chi connectivity index (χ3n) is 3.83. The zero-order valence-corrected chi connectivity index (χ0v) is 13.6. The summed E-state index contributed by atoms with van der Waals surface area (Å²) in [6, 6.07) is 5.17. The lowest BCUT2D eigenvalue weighted by atomic mass is 10.1. The number of carbonyl (C=O) groups is 1. The number of carbonyl (C=O) groups excluding carboxylic acids is 1. The number of thioether (sulfide) groups is 1. The fourth-order valence-corrected chi connectivity index (χ4v) is 3.70. The number of aryl methyl sites for hydroxylation is 1. The van der Waals surface area contributed by atoms with Crippen molar-refractivity contribution >= 4 is 23.4 Å². The third kappa shape index (κ3) is 4.38. The van der Waals surface area contributed by atoms with Crippen molar-refractivity contribution in [2.24, 2.45) is 0 Å². The second-order valence-electron chi connectivity index (χ2n) is 5.37. The number of amides is 1. The van der Waals surface area contributed by atoms with Crippen molar-refractivity contribution in [1.82, 2.24) is 5.32 Å². The maximum atomic E-state index is 12.5. The van der Waals surface area contributed by atoms with Crippen molar-refractivity contribution < 1.29 is 9.90 Å². The molecule has 0 bridgehead atoms. The number of benzene rings is 1. The molecule has 0 atom stereocenters. The maximum absolute atomic E-state index is 12.5. The van der Waals surface area contributed by atoms with Crippen LogP contribution in [0.25, 0.3) is 0 Å². The van der Waals surface area contributed by atoms with Crippen LogP contribution in [0.3, 0.4) is 0 Å². The molecule has 5 heteroatoms. The van der Waals surface area contributed by atoms with E-state index >= 15 is 0 Å². The minimum Gasteiger partial charge on any atom is -0.508 e. The van der Waals surface area contributed by atoms with Crippen molar-refractivity contribution in [1.29, 1.82) is 0 Å². The maximum Gasteiger partial charge on any atom is 0.236 e. The van der Waals surface area contributed by atoms with Crippen LogP contribution in [-0.2, 0) is 4.79 Å². The van der Waals surface area contributed by atoms with Crippen molar-refractivity contribution in [3.05, 3.63) is 23.8 Å². The number of nitrogens with one attached hydrogen (secondary N) is 1. The molecule has 2 rings (SSSR count). The van der Waals surface area contributed by atoms with Crippen molar-refractivity contribution in [2.45, 2.75) is 31.9 Å². The van der Waals surface area contributed by atoms with E-state index < -0.39 is 0 Å². The van der Waals surface area contributed by atoms with Crippen LogP contribution in [0.15, 0.2) is 18.2 Å². The Hall–Kier alpha value is -1.20. The van der Waals surface area contributed by atoms with E-state index in [4.69, 9.17) is 0 Å². The molecule has 0 aromatic heterocycles. The van der Waals surface area contributed by atoms with Crippen molar-refractivity contribution in [3.63, 3.8) is 0 Å². The first-order valence-electron chi connectivity index (χ1n) is 7.54. The van der Waals surface area contributed by atoms with Gasteiger partial charge in [-0.3, -0.25) is 4.79 Å². The van der Waals surface area contributed by atoms with E-state index in [0.29, 0.717) is 17.5 Å². The number of phenols is 1. The summed E-state index contributed by atoms with van der Waals surface area (Å²) in [5.41, 5.74) is 1.82. The lowest BCUT2D eigenvalue weighted by Crippen LogP contribution is -2.34. The third-order valence-corrected chi connectivity index (χ3v) is 5.19. The summed E-state index contributed by atoms with van der Waals surface area (Å²) in [7, 11) is 0. The molecule has 1 aliphatic rings. The highest BCUT2D eigenvalue weighted by Gasteiger charge is 2.20. The van der Waals surface area contributed by atoms with Gasteiger partial charge in [0.25, 0.3) is 0 Å². The van der Waals surface area contributed by atoms with Gasteiger partial charge in [0.1, 0.15) is 5.75 Å². The van der Waals surface area contributed by atoms with Crippen molar-refractivity contribution in [2.75, 3.05) is 30.3 Å². The van der Waals surface area contributed by atoms with E-state index in [0.717, 1.165) is 37.2 Å². The molecule has 21 heavy (non-hydrogen) atoms. The number of phenolic OH excluding ortho intramolecular Hbond substituents is 1. The quantitative estimate of drug-likeness (QED) is 0.878. The molecule has 1 aromatic rings. The first-order chi connectivity index (χ1) is 10.1. The van der Waals surface area contributed by atoms with Gasteiger partial charge in [-0.15, -0.1) is 11.8 Å². The first-order valence-corrected chi connectivity index (χ1v) is 8.59. The van der Waals surface area contributed by atoms with Crippen LogP contribution < -0.4 is 10.2 Å². The Labute approximate surface area is 130 Å². The van der Waals surface area contributed by atoms with Crippen LogP contribution in [-0.4, -0.2) is 41.7 Å². The smallest absolute Gasteiger partial charge is 0.236 e. The molecule has 1 amide bonds. The lowest BCUT2D eigenvalue weighted by molar-refractivity contribution is -0.116. The second-order valence-corrected chi connectivity index (χ2v) is 6.66. The largest absolute Gasteiger partial charge is 0.508 e. The van der Waals surface area contributed by atoms with Gasteiger partial charge in [0.05, 0.1) is 11.4 Å². The van der Waals surface area contributed by atoms with E-state index in [2.05, 4.69) is 5.32 Å². The van der Waals surface area contributed by atoms with E-state index in [1.807, 2.05) is 19.9 Å². The fraction of sp³-hybridized carbons (Fsp3) is 0.562. The highest BCUT2D eigenvalue weighted by Crippen LogP contribution is 2.27. The van der Waals surface area contributed by atoms with Crippen LogP contribution in [0.4, 0.5) is 5.69 Å². The number of hydrogen-bond acceptors (Lipinski definition) is 4. The second kappa shape index (κ2) is 7.71. The van der Waals surface area contributed by atoms with Crippen LogP contribution in [0, 0.1) is 6.92 Å². The summed E-state index contributed by atoms with van der Waals surface area (Å²) >= 11 is 1.76. The first kappa shape index (κ1) is 16.2. The number of anilines is 1. The Balaban J connectivity index is 1.99. The summed E-state index contributed by atoms with van der Waals surface area (Å²) in [5.74, 6) is 0.829. The van der Waals surface area contributed by atoms with Gasteiger partial charge in [-0.05, 0) is 51.4 Å². The monoisotopic (exact) mass is 308 g/mol. The minimum atomic E-state index is 0.120. The Morgan fingerprint density at radius 1 is 1.43 bits per heavy atom. The predicted octanol–water partition coefficient (Wildman–Crippen LogP) is 2.54. The zero-order chi connectivity index (χ0) is 15.2. The molecule has 0 saturated carbocycles. The molecule has 4 nitrogen and oxygen atoms in total. The van der Waals surface area contributed by atoms with E-state index in [-0.39, 0.29) is 11.7 Å². The van der Waals surface area contributed by atoms with Gasteiger partial charge >= 0.3 is 0 Å². The van der Waals surface area contributed by atoms with Crippen LogP contribution >= 0.6 is 11.8 Å². The van der Waals surface area contributed by atoms with Gasteiger partial charge in [0, 0.05) is 17.9 Å². The topological polar surface area (TPSA) is 52.6 Å². The highest BCUT2D eigenvalue weighted by molar-refractivity contribution is 8.00.